The van der Waals surface area contributed by atoms with E-state index in [1.54, 1.807) is 0 Å². The van der Waals surface area contributed by atoms with Gasteiger partial charge in [0.15, 0.2) is 11.6 Å². The van der Waals surface area contributed by atoms with Crippen molar-refractivity contribution in [1.82, 2.24) is 4.90 Å². The Morgan fingerprint density at radius 3 is 2.74 bits per heavy atom. The Morgan fingerprint density at radius 2 is 2.17 bits per heavy atom. The Balaban J connectivity index is 2.08. The Bertz CT molecular complexity index is 595. The highest BCUT2D eigenvalue weighted by atomic mass is 19.4. The number of likely N-dealkylation sites (tertiary alicyclic amines) is 1. The maximum Gasteiger partial charge on any atom is 0.401 e. The minimum Gasteiger partial charge on any atom is -0.490 e. The minimum atomic E-state index is -4.28. The number of ether oxygens (including phenoxy) is 1. The Kier molecular flexibility index (Phi) is 4.93. The molecule has 23 heavy (non-hydrogen) atoms. The van der Waals surface area contributed by atoms with Crippen molar-refractivity contribution in [2.24, 2.45) is 0 Å². The van der Waals surface area contributed by atoms with Crippen molar-refractivity contribution in [3.8, 4) is 5.75 Å². The average molecular weight is 337 g/mol. The predicted octanol–water partition coefficient (Wildman–Crippen LogP) is 2.79. The van der Waals surface area contributed by atoms with Gasteiger partial charge in [0.05, 0.1) is 30.3 Å². The molecule has 1 aromatic rings. The van der Waals surface area contributed by atoms with Gasteiger partial charge in [-0.25, -0.2) is 4.39 Å². The number of rotatable bonds is 5. The van der Waals surface area contributed by atoms with Crippen molar-refractivity contribution in [3.63, 3.8) is 0 Å². The molecule has 6 nitrogen and oxygen atoms in total. The van der Waals surface area contributed by atoms with E-state index in [4.69, 9.17) is 4.74 Å². The van der Waals surface area contributed by atoms with Crippen LogP contribution in [0.25, 0.3) is 0 Å². The summed E-state index contributed by atoms with van der Waals surface area (Å²) in [6.45, 7) is -0.668. The monoisotopic (exact) mass is 337 g/mol. The lowest BCUT2D eigenvalue weighted by atomic mass is 10.2. The Morgan fingerprint density at radius 1 is 1.48 bits per heavy atom. The zero-order chi connectivity index (χ0) is 17.2. The van der Waals surface area contributed by atoms with E-state index in [2.05, 4.69) is 5.32 Å². The number of anilines is 1. The van der Waals surface area contributed by atoms with Crippen molar-refractivity contribution in [2.45, 2.75) is 18.6 Å². The van der Waals surface area contributed by atoms with Crippen molar-refractivity contribution >= 4 is 11.4 Å². The first-order valence-corrected chi connectivity index (χ1v) is 6.77. The van der Waals surface area contributed by atoms with Crippen molar-refractivity contribution in [1.29, 1.82) is 0 Å². The normalized spacial score (nSPS) is 18.9. The van der Waals surface area contributed by atoms with Gasteiger partial charge >= 0.3 is 11.9 Å². The smallest absolute Gasteiger partial charge is 0.401 e. The van der Waals surface area contributed by atoms with Gasteiger partial charge < -0.3 is 10.1 Å². The Labute approximate surface area is 129 Å². The summed E-state index contributed by atoms with van der Waals surface area (Å²) in [5.41, 5.74) is -0.549. The minimum absolute atomic E-state index is 0.0358. The summed E-state index contributed by atoms with van der Waals surface area (Å²) >= 11 is 0. The van der Waals surface area contributed by atoms with Gasteiger partial charge in [0.25, 0.3) is 0 Å². The van der Waals surface area contributed by atoms with E-state index in [-0.39, 0.29) is 30.6 Å². The predicted molar refractivity (Wildman–Crippen MR) is 74.1 cm³/mol. The summed E-state index contributed by atoms with van der Waals surface area (Å²) < 4.78 is 55.8. The summed E-state index contributed by atoms with van der Waals surface area (Å²) in [5, 5.41) is 13.6. The maximum atomic E-state index is 13.9. The van der Waals surface area contributed by atoms with Crippen LogP contribution in [0.1, 0.15) is 6.42 Å². The SMILES string of the molecule is COc1cc(NC2CCN(CC(F)(F)F)C2)c(F)cc1[N+](=O)[O-]. The molecule has 1 N–H and O–H groups in total. The molecule has 1 saturated heterocycles. The topological polar surface area (TPSA) is 67.6 Å². The molecule has 2 rings (SSSR count). The van der Waals surface area contributed by atoms with Crippen LogP contribution in [0.15, 0.2) is 12.1 Å². The van der Waals surface area contributed by atoms with Gasteiger partial charge in [0.1, 0.15) is 0 Å². The third-order valence-corrected chi connectivity index (χ3v) is 3.50. The summed E-state index contributed by atoms with van der Waals surface area (Å²) in [6.07, 6.45) is -3.87. The number of alkyl halides is 3. The lowest BCUT2D eigenvalue weighted by Gasteiger charge is -2.19. The van der Waals surface area contributed by atoms with Crippen molar-refractivity contribution < 1.29 is 27.2 Å². The van der Waals surface area contributed by atoms with Crippen molar-refractivity contribution in [2.75, 3.05) is 32.1 Å². The van der Waals surface area contributed by atoms with E-state index >= 15 is 0 Å². The van der Waals surface area contributed by atoms with Crippen LogP contribution in [0.4, 0.5) is 28.9 Å². The third kappa shape index (κ3) is 4.44. The zero-order valence-corrected chi connectivity index (χ0v) is 12.2. The molecule has 1 unspecified atom stereocenters. The molecular weight excluding hydrogens is 322 g/mol. The number of nitro groups is 1. The fourth-order valence-electron chi connectivity index (χ4n) is 2.53. The van der Waals surface area contributed by atoms with Gasteiger partial charge in [0, 0.05) is 25.2 Å². The third-order valence-electron chi connectivity index (χ3n) is 3.50. The number of hydrogen-bond donors (Lipinski definition) is 1. The molecule has 0 aromatic heterocycles. The Hall–Kier alpha value is -2.10. The second kappa shape index (κ2) is 6.57. The maximum absolute atomic E-state index is 13.9. The van der Waals surface area contributed by atoms with E-state index in [1.165, 1.54) is 12.0 Å². The van der Waals surface area contributed by atoms with Crippen molar-refractivity contribution in [3.05, 3.63) is 28.1 Å². The van der Waals surface area contributed by atoms with Crippen LogP contribution in [-0.2, 0) is 0 Å². The van der Waals surface area contributed by atoms with Crippen LogP contribution in [0, 0.1) is 15.9 Å². The number of methoxy groups -OCH3 is 1. The summed E-state index contributed by atoms with van der Waals surface area (Å²) in [5.74, 6) is -0.976. The average Bonchev–Trinajstić information content (AvgIpc) is 2.85. The molecule has 1 atom stereocenters. The van der Waals surface area contributed by atoms with E-state index in [0.29, 0.717) is 6.42 Å². The zero-order valence-electron chi connectivity index (χ0n) is 12.2. The fraction of sp³-hybridized carbons (Fsp3) is 0.538. The summed E-state index contributed by atoms with van der Waals surface area (Å²) in [4.78, 5) is 11.2. The molecule has 1 aliphatic heterocycles. The molecule has 1 aromatic carbocycles. The van der Waals surface area contributed by atoms with E-state index in [1.807, 2.05) is 0 Å². The van der Waals surface area contributed by atoms with Crippen LogP contribution in [0.3, 0.4) is 0 Å². The van der Waals surface area contributed by atoms with Gasteiger partial charge in [-0.1, -0.05) is 0 Å². The van der Waals surface area contributed by atoms with E-state index < -0.39 is 29.1 Å². The fourth-order valence-corrected chi connectivity index (χ4v) is 2.53. The van der Waals surface area contributed by atoms with Crippen LogP contribution >= 0.6 is 0 Å². The van der Waals surface area contributed by atoms with Gasteiger partial charge in [-0.3, -0.25) is 15.0 Å². The highest BCUT2D eigenvalue weighted by Gasteiger charge is 2.34. The number of benzene rings is 1. The van der Waals surface area contributed by atoms with Crippen LogP contribution in [-0.4, -0.2) is 48.8 Å². The van der Waals surface area contributed by atoms with Gasteiger partial charge in [0.2, 0.25) is 0 Å². The molecule has 0 spiro atoms. The number of nitrogens with zero attached hydrogens (tertiary/aromatic N) is 2. The molecule has 128 valence electrons. The standard InChI is InChI=1S/C13H15F4N3O3/c1-23-12-5-10(9(14)4-11(12)20(21)22)18-8-2-3-19(6-8)7-13(15,16)17/h4-5,8,18H,2-3,6-7H2,1H3. The van der Waals surface area contributed by atoms with Crippen LogP contribution < -0.4 is 10.1 Å². The molecule has 1 aliphatic rings. The second-order valence-electron chi connectivity index (χ2n) is 5.24. The highest BCUT2D eigenvalue weighted by Crippen LogP contribution is 2.33. The largest absolute Gasteiger partial charge is 0.490 e. The number of hydrogen-bond acceptors (Lipinski definition) is 5. The molecule has 10 heteroatoms. The molecule has 0 radical (unpaired) electrons. The number of halogens is 4. The quantitative estimate of drug-likeness (QED) is 0.508. The van der Waals surface area contributed by atoms with E-state index in [9.17, 15) is 27.7 Å². The van der Waals surface area contributed by atoms with Crippen LogP contribution in [0.5, 0.6) is 5.75 Å². The van der Waals surface area contributed by atoms with Gasteiger partial charge in [-0.05, 0) is 6.42 Å². The first-order valence-electron chi connectivity index (χ1n) is 6.77. The lowest BCUT2D eigenvalue weighted by Crippen LogP contribution is -2.34. The van der Waals surface area contributed by atoms with E-state index in [0.717, 1.165) is 12.1 Å². The highest BCUT2D eigenvalue weighted by molar-refractivity contribution is 5.59. The first-order chi connectivity index (χ1) is 10.7. The molecule has 0 bridgehead atoms. The molecule has 0 saturated carbocycles. The molecular formula is C13H15F4N3O3. The number of nitro benzene ring substituents is 1. The van der Waals surface area contributed by atoms with Crippen LogP contribution in [0.2, 0.25) is 0 Å². The van der Waals surface area contributed by atoms with Gasteiger partial charge in [-0.15, -0.1) is 0 Å². The lowest BCUT2D eigenvalue weighted by molar-refractivity contribution is -0.385. The summed E-state index contributed by atoms with van der Waals surface area (Å²) in [7, 11) is 1.21. The first kappa shape index (κ1) is 17.3. The molecule has 1 fully saturated rings. The molecule has 0 aliphatic carbocycles. The summed E-state index contributed by atoms with van der Waals surface area (Å²) in [6, 6.07) is 1.49. The number of nitrogens with one attached hydrogen (secondary N) is 1. The van der Waals surface area contributed by atoms with Gasteiger partial charge in [-0.2, -0.15) is 13.2 Å². The molecule has 0 amide bonds. The second-order valence-corrected chi connectivity index (χ2v) is 5.24. The molecule has 1 heterocycles.